The van der Waals surface area contributed by atoms with Gasteiger partial charge in [-0.25, -0.2) is 0 Å². The number of ether oxygens (including phenoxy) is 1. The van der Waals surface area contributed by atoms with Crippen LogP contribution in [-0.2, 0) is 4.74 Å². The fourth-order valence-electron chi connectivity index (χ4n) is 1.97. The van der Waals surface area contributed by atoms with Crippen molar-refractivity contribution in [3.63, 3.8) is 0 Å². The van der Waals surface area contributed by atoms with Crippen molar-refractivity contribution >= 4 is 11.8 Å². The molecule has 1 unspecified atom stereocenters. The highest BCUT2D eigenvalue weighted by Gasteiger charge is 2.27. The molecule has 0 radical (unpaired) electrons. The van der Waals surface area contributed by atoms with E-state index in [1.807, 2.05) is 0 Å². The van der Waals surface area contributed by atoms with Crippen molar-refractivity contribution < 1.29 is 4.74 Å². The molecule has 2 aliphatic rings. The van der Waals surface area contributed by atoms with Crippen LogP contribution in [0.5, 0.6) is 0 Å². The molecule has 0 N–H and O–H groups in total. The van der Waals surface area contributed by atoms with E-state index >= 15 is 0 Å². The van der Waals surface area contributed by atoms with E-state index in [1.54, 1.807) is 0 Å². The summed E-state index contributed by atoms with van der Waals surface area (Å²) in [7, 11) is 2.25. The first-order chi connectivity index (χ1) is 6.36. The number of rotatable bonds is 3. The first-order valence-corrected chi connectivity index (χ1v) is 6.41. The summed E-state index contributed by atoms with van der Waals surface area (Å²) in [5.74, 6) is 2.71. The second-order valence-electron chi connectivity index (χ2n) is 4.09. The van der Waals surface area contributed by atoms with E-state index in [-0.39, 0.29) is 0 Å². The van der Waals surface area contributed by atoms with Crippen molar-refractivity contribution in [1.29, 1.82) is 0 Å². The first kappa shape index (κ1) is 9.81. The minimum absolute atomic E-state index is 0.556. The van der Waals surface area contributed by atoms with Crippen LogP contribution in [0.2, 0.25) is 0 Å². The molecule has 0 spiro atoms. The summed E-state index contributed by atoms with van der Waals surface area (Å²) in [6.07, 6.45) is 4.70. The fourth-order valence-corrected chi connectivity index (χ4v) is 2.98. The lowest BCUT2D eigenvalue weighted by molar-refractivity contribution is 0.205. The average molecular weight is 201 g/mol. The normalized spacial score (nSPS) is 34.6. The van der Waals surface area contributed by atoms with E-state index < -0.39 is 0 Å². The Morgan fingerprint density at radius 1 is 1.38 bits per heavy atom. The van der Waals surface area contributed by atoms with Crippen LogP contribution in [-0.4, -0.2) is 48.8 Å². The van der Waals surface area contributed by atoms with Crippen molar-refractivity contribution in [2.45, 2.75) is 31.4 Å². The summed E-state index contributed by atoms with van der Waals surface area (Å²) in [5, 5.41) is 0. The van der Waals surface area contributed by atoms with Gasteiger partial charge in [-0.1, -0.05) is 0 Å². The summed E-state index contributed by atoms with van der Waals surface area (Å²) in [4.78, 5) is 2.50. The van der Waals surface area contributed by atoms with Crippen LogP contribution in [0.3, 0.4) is 0 Å². The van der Waals surface area contributed by atoms with Gasteiger partial charge in [0.15, 0.2) is 0 Å². The molecule has 76 valence electrons. The number of thioether (sulfide) groups is 1. The third-order valence-electron chi connectivity index (χ3n) is 2.94. The predicted octanol–water partition coefficient (Wildman–Crippen LogP) is 1.60. The standard InChI is InChI=1S/C10H19NOS/c1-11(7-10-8-12-10)9-3-2-5-13-6-4-9/h9-10H,2-8H2,1H3/t9?,10-/m0/s1. The summed E-state index contributed by atoms with van der Waals surface area (Å²) < 4.78 is 5.25. The van der Waals surface area contributed by atoms with Crippen molar-refractivity contribution in [3.8, 4) is 0 Å². The zero-order valence-electron chi connectivity index (χ0n) is 8.37. The van der Waals surface area contributed by atoms with Gasteiger partial charge in [0.05, 0.1) is 12.7 Å². The lowest BCUT2D eigenvalue weighted by Gasteiger charge is -2.25. The van der Waals surface area contributed by atoms with Crippen LogP contribution in [0.25, 0.3) is 0 Å². The molecule has 0 amide bonds. The van der Waals surface area contributed by atoms with Crippen molar-refractivity contribution in [3.05, 3.63) is 0 Å². The smallest absolute Gasteiger partial charge is 0.0936 e. The van der Waals surface area contributed by atoms with Gasteiger partial charge >= 0.3 is 0 Å². The molecule has 2 nitrogen and oxygen atoms in total. The second-order valence-corrected chi connectivity index (χ2v) is 5.32. The lowest BCUT2D eigenvalue weighted by Crippen LogP contribution is -2.34. The Hall–Kier alpha value is 0.270. The maximum absolute atomic E-state index is 5.25. The van der Waals surface area contributed by atoms with Gasteiger partial charge in [-0.3, -0.25) is 0 Å². The Kier molecular flexibility index (Phi) is 3.52. The highest BCUT2D eigenvalue weighted by molar-refractivity contribution is 7.99. The molecule has 2 rings (SSSR count). The number of likely N-dealkylation sites (N-methyl/N-ethyl adjacent to an activating group) is 1. The molecule has 0 bridgehead atoms. The van der Waals surface area contributed by atoms with Crippen LogP contribution >= 0.6 is 11.8 Å². The van der Waals surface area contributed by atoms with Crippen molar-refractivity contribution in [1.82, 2.24) is 4.90 Å². The van der Waals surface area contributed by atoms with Gasteiger partial charge in [-0.05, 0) is 37.8 Å². The molecule has 0 saturated carbocycles. The molecule has 13 heavy (non-hydrogen) atoms. The van der Waals surface area contributed by atoms with Gasteiger partial charge < -0.3 is 9.64 Å². The van der Waals surface area contributed by atoms with Crippen LogP contribution in [0.15, 0.2) is 0 Å². The Balaban J connectivity index is 1.74. The van der Waals surface area contributed by atoms with Gasteiger partial charge in [0.1, 0.15) is 0 Å². The summed E-state index contributed by atoms with van der Waals surface area (Å²) in [6.45, 7) is 2.14. The number of epoxide rings is 1. The molecule has 0 aliphatic carbocycles. The average Bonchev–Trinajstić information content (AvgIpc) is 2.87. The third-order valence-corrected chi connectivity index (χ3v) is 4.04. The molecule has 3 heteroatoms. The van der Waals surface area contributed by atoms with E-state index in [9.17, 15) is 0 Å². The zero-order chi connectivity index (χ0) is 9.10. The van der Waals surface area contributed by atoms with E-state index in [4.69, 9.17) is 4.74 Å². The maximum Gasteiger partial charge on any atom is 0.0936 e. The summed E-state index contributed by atoms with van der Waals surface area (Å²) in [6, 6.07) is 0.819. The number of nitrogens with zero attached hydrogens (tertiary/aromatic N) is 1. The minimum atomic E-state index is 0.556. The van der Waals surface area contributed by atoms with Crippen molar-refractivity contribution in [2.75, 3.05) is 31.7 Å². The molecular formula is C10H19NOS. The van der Waals surface area contributed by atoms with E-state index in [1.165, 1.54) is 30.8 Å². The first-order valence-electron chi connectivity index (χ1n) is 5.26. The molecular weight excluding hydrogens is 182 g/mol. The molecule has 0 aromatic carbocycles. The monoisotopic (exact) mass is 201 g/mol. The second kappa shape index (κ2) is 4.67. The summed E-state index contributed by atoms with van der Waals surface area (Å²) in [5.41, 5.74) is 0. The van der Waals surface area contributed by atoms with E-state index in [0.717, 1.165) is 19.2 Å². The molecule has 2 atom stereocenters. The SMILES string of the molecule is CN(C[C@H]1CO1)C1CCCSCC1. The third kappa shape index (κ3) is 3.15. The highest BCUT2D eigenvalue weighted by atomic mass is 32.2. The van der Waals surface area contributed by atoms with Gasteiger partial charge in [-0.2, -0.15) is 11.8 Å². The van der Waals surface area contributed by atoms with Gasteiger partial charge in [-0.15, -0.1) is 0 Å². The van der Waals surface area contributed by atoms with Crippen LogP contribution in [0, 0.1) is 0 Å². The fraction of sp³-hybridized carbons (Fsp3) is 1.00. The molecule has 0 aromatic rings. The molecule has 2 saturated heterocycles. The molecule has 2 heterocycles. The number of hydrogen-bond acceptors (Lipinski definition) is 3. The topological polar surface area (TPSA) is 15.8 Å². The Bertz CT molecular complexity index is 153. The van der Waals surface area contributed by atoms with Crippen molar-refractivity contribution in [2.24, 2.45) is 0 Å². The highest BCUT2D eigenvalue weighted by Crippen LogP contribution is 2.22. The summed E-state index contributed by atoms with van der Waals surface area (Å²) >= 11 is 2.11. The van der Waals surface area contributed by atoms with Crippen LogP contribution in [0.4, 0.5) is 0 Å². The zero-order valence-corrected chi connectivity index (χ0v) is 9.18. The Labute approximate surface area is 85.0 Å². The van der Waals surface area contributed by atoms with Gasteiger partial charge in [0, 0.05) is 12.6 Å². The molecule has 2 fully saturated rings. The van der Waals surface area contributed by atoms with Gasteiger partial charge in [0.25, 0.3) is 0 Å². The Morgan fingerprint density at radius 2 is 2.23 bits per heavy atom. The van der Waals surface area contributed by atoms with E-state index in [0.29, 0.717) is 6.10 Å². The van der Waals surface area contributed by atoms with Crippen LogP contribution in [0.1, 0.15) is 19.3 Å². The van der Waals surface area contributed by atoms with E-state index in [2.05, 4.69) is 23.7 Å². The lowest BCUT2D eigenvalue weighted by atomic mass is 10.1. The maximum atomic E-state index is 5.25. The number of hydrogen-bond donors (Lipinski definition) is 0. The Morgan fingerprint density at radius 3 is 3.00 bits per heavy atom. The quantitative estimate of drug-likeness (QED) is 0.645. The largest absolute Gasteiger partial charge is 0.372 e. The predicted molar refractivity (Wildman–Crippen MR) is 57.3 cm³/mol. The molecule has 0 aromatic heterocycles. The molecule has 2 aliphatic heterocycles. The van der Waals surface area contributed by atoms with Gasteiger partial charge in [0.2, 0.25) is 0 Å². The van der Waals surface area contributed by atoms with Crippen LogP contribution < -0.4 is 0 Å². The minimum Gasteiger partial charge on any atom is -0.372 e.